The lowest BCUT2D eigenvalue weighted by molar-refractivity contribution is -0.131. The minimum atomic E-state index is 0.211. The number of aromatic amines is 1. The van der Waals surface area contributed by atoms with E-state index in [1.807, 2.05) is 35.6 Å². The highest BCUT2D eigenvalue weighted by Gasteiger charge is 2.27. The van der Waals surface area contributed by atoms with Crippen LogP contribution in [-0.2, 0) is 17.8 Å². The molecule has 1 fully saturated rings. The summed E-state index contributed by atoms with van der Waals surface area (Å²) in [5.74, 6) is 1.69. The molecule has 1 N–H and O–H groups in total. The minimum Gasteiger partial charge on any atom is -0.361 e. The minimum absolute atomic E-state index is 0.211. The van der Waals surface area contributed by atoms with Crippen LogP contribution in [0, 0.1) is 0 Å². The summed E-state index contributed by atoms with van der Waals surface area (Å²) in [5, 5.41) is 9.55. The number of hydrogen-bond donors (Lipinski definition) is 1. The van der Waals surface area contributed by atoms with E-state index in [1.165, 1.54) is 0 Å². The van der Waals surface area contributed by atoms with Gasteiger partial charge in [-0.15, -0.1) is 10.2 Å². The third kappa shape index (κ3) is 3.23. The van der Waals surface area contributed by atoms with Gasteiger partial charge in [-0.05, 0) is 30.9 Å². The van der Waals surface area contributed by atoms with Crippen molar-refractivity contribution in [2.75, 3.05) is 13.1 Å². The van der Waals surface area contributed by atoms with Gasteiger partial charge >= 0.3 is 0 Å². The van der Waals surface area contributed by atoms with E-state index < -0.39 is 0 Å². The number of fused-ring (bicyclic) bond motifs is 1. The van der Waals surface area contributed by atoms with Gasteiger partial charge in [0, 0.05) is 42.7 Å². The Kier molecular flexibility index (Phi) is 4.73. The van der Waals surface area contributed by atoms with E-state index >= 15 is 0 Å². The first-order valence-electron chi connectivity index (χ1n) is 9.46. The number of aryl methyl sites for hydroxylation is 1. The second-order valence-corrected chi connectivity index (χ2v) is 7.07. The van der Waals surface area contributed by atoms with Crippen molar-refractivity contribution in [3.8, 4) is 0 Å². The Morgan fingerprint density at radius 1 is 1.27 bits per heavy atom. The molecule has 4 rings (SSSR count). The maximum absolute atomic E-state index is 12.8. The summed E-state index contributed by atoms with van der Waals surface area (Å²) in [6, 6.07) is 8.14. The molecular formula is C20H25N5O. The lowest BCUT2D eigenvalue weighted by Gasteiger charge is -2.31. The van der Waals surface area contributed by atoms with Gasteiger partial charge in [0.05, 0.1) is 6.42 Å². The number of nitrogens with one attached hydrogen (secondary N) is 1. The summed E-state index contributed by atoms with van der Waals surface area (Å²) in [6.07, 6.45) is 7.24. The predicted octanol–water partition coefficient (Wildman–Crippen LogP) is 3.12. The standard InChI is InChI=1S/C20H25N5O/c1-2-9-25-14-22-23-20(25)15-7-10-24(11-8-15)19(26)12-16-13-21-18-6-4-3-5-17(16)18/h3-6,13-15,21H,2,7-12H2,1H3. The molecule has 6 nitrogen and oxygen atoms in total. The molecule has 1 aromatic carbocycles. The van der Waals surface area contributed by atoms with E-state index in [0.717, 1.165) is 61.2 Å². The SMILES string of the molecule is CCCn1cnnc1C1CCN(C(=O)Cc2c[nH]c3ccccc23)CC1. The van der Waals surface area contributed by atoms with E-state index in [1.54, 1.807) is 0 Å². The number of piperidine rings is 1. The van der Waals surface area contributed by atoms with Crippen LogP contribution >= 0.6 is 0 Å². The van der Waals surface area contributed by atoms with Crippen molar-refractivity contribution in [1.82, 2.24) is 24.6 Å². The Balaban J connectivity index is 1.38. The molecule has 3 aromatic rings. The quantitative estimate of drug-likeness (QED) is 0.768. The van der Waals surface area contributed by atoms with Crippen LogP contribution in [0.15, 0.2) is 36.8 Å². The first-order chi connectivity index (χ1) is 12.8. The van der Waals surface area contributed by atoms with Crippen molar-refractivity contribution < 1.29 is 4.79 Å². The number of carbonyl (C=O) groups is 1. The molecule has 0 bridgehead atoms. The average Bonchev–Trinajstić information content (AvgIpc) is 3.30. The molecule has 0 unspecified atom stereocenters. The predicted molar refractivity (Wildman–Crippen MR) is 101 cm³/mol. The second kappa shape index (κ2) is 7.32. The number of likely N-dealkylation sites (tertiary alicyclic amines) is 1. The van der Waals surface area contributed by atoms with Crippen molar-refractivity contribution in [3.05, 3.63) is 48.2 Å². The Labute approximate surface area is 153 Å². The van der Waals surface area contributed by atoms with E-state index in [4.69, 9.17) is 0 Å². The van der Waals surface area contributed by atoms with Crippen molar-refractivity contribution in [3.63, 3.8) is 0 Å². The summed E-state index contributed by atoms with van der Waals surface area (Å²) >= 11 is 0. The molecule has 0 saturated carbocycles. The number of amides is 1. The second-order valence-electron chi connectivity index (χ2n) is 7.07. The van der Waals surface area contributed by atoms with Crippen LogP contribution in [0.5, 0.6) is 0 Å². The van der Waals surface area contributed by atoms with Crippen LogP contribution in [-0.4, -0.2) is 43.6 Å². The molecular weight excluding hydrogens is 326 g/mol. The number of nitrogens with zero attached hydrogens (tertiary/aromatic N) is 4. The van der Waals surface area contributed by atoms with E-state index in [2.05, 4.69) is 32.7 Å². The molecule has 1 saturated heterocycles. The number of benzene rings is 1. The zero-order valence-electron chi connectivity index (χ0n) is 15.2. The Morgan fingerprint density at radius 3 is 2.88 bits per heavy atom. The normalized spacial score (nSPS) is 15.7. The summed E-state index contributed by atoms with van der Waals surface area (Å²) in [4.78, 5) is 18.0. The third-order valence-electron chi connectivity index (χ3n) is 5.34. The Bertz CT molecular complexity index is 888. The van der Waals surface area contributed by atoms with Gasteiger partial charge in [-0.1, -0.05) is 25.1 Å². The van der Waals surface area contributed by atoms with Gasteiger partial charge in [-0.3, -0.25) is 4.79 Å². The van der Waals surface area contributed by atoms with Crippen molar-refractivity contribution in [1.29, 1.82) is 0 Å². The Morgan fingerprint density at radius 2 is 2.08 bits per heavy atom. The average molecular weight is 351 g/mol. The highest BCUT2D eigenvalue weighted by molar-refractivity contribution is 5.88. The molecule has 136 valence electrons. The Hall–Kier alpha value is -2.63. The summed E-state index contributed by atoms with van der Waals surface area (Å²) in [7, 11) is 0. The third-order valence-corrected chi connectivity index (χ3v) is 5.34. The van der Waals surface area contributed by atoms with Crippen LogP contribution in [0.3, 0.4) is 0 Å². The van der Waals surface area contributed by atoms with Gasteiger partial charge in [0.1, 0.15) is 12.2 Å². The molecule has 0 radical (unpaired) electrons. The van der Waals surface area contributed by atoms with E-state index in [-0.39, 0.29) is 5.91 Å². The van der Waals surface area contributed by atoms with Crippen molar-refractivity contribution in [2.24, 2.45) is 0 Å². The van der Waals surface area contributed by atoms with Crippen LogP contribution in [0.1, 0.15) is 43.5 Å². The molecule has 1 amide bonds. The fourth-order valence-electron chi connectivity index (χ4n) is 3.93. The number of para-hydroxylation sites is 1. The maximum atomic E-state index is 12.8. The highest BCUT2D eigenvalue weighted by atomic mass is 16.2. The smallest absolute Gasteiger partial charge is 0.227 e. The zero-order valence-corrected chi connectivity index (χ0v) is 15.2. The van der Waals surface area contributed by atoms with Crippen LogP contribution in [0.2, 0.25) is 0 Å². The maximum Gasteiger partial charge on any atom is 0.227 e. The number of aromatic nitrogens is 4. The van der Waals surface area contributed by atoms with Crippen LogP contribution < -0.4 is 0 Å². The highest BCUT2D eigenvalue weighted by Crippen LogP contribution is 2.27. The van der Waals surface area contributed by atoms with Gasteiger partial charge in [0.25, 0.3) is 0 Å². The lowest BCUT2D eigenvalue weighted by Crippen LogP contribution is -2.39. The number of hydrogen-bond acceptors (Lipinski definition) is 3. The van der Waals surface area contributed by atoms with Gasteiger partial charge in [-0.2, -0.15) is 0 Å². The summed E-state index contributed by atoms with van der Waals surface area (Å²) in [6.45, 7) is 4.72. The number of carbonyl (C=O) groups excluding carboxylic acids is 1. The van der Waals surface area contributed by atoms with Crippen LogP contribution in [0.25, 0.3) is 10.9 Å². The molecule has 0 aliphatic carbocycles. The molecule has 0 atom stereocenters. The molecule has 3 heterocycles. The number of rotatable bonds is 5. The van der Waals surface area contributed by atoms with Crippen LogP contribution in [0.4, 0.5) is 0 Å². The first-order valence-corrected chi connectivity index (χ1v) is 9.46. The molecule has 2 aromatic heterocycles. The molecule has 1 aliphatic heterocycles. The van der Waals surface area contributed by atoms with Gasteiger partial charge in [0.2, 0.25) is 5.91 Å². The van der Waals surface area contributed by atoms with Crippen molar-refractivity contribution >= 4 is 16.8 Å². The first kappa shape index (κ1) is 16.8. The fourth-order valence-corrected chi connectivity index (χ4v) is 3.93. The largest absolute Gasteiger partial charge is 0.361 e. The molecule has 1 aliphatic rings. The topological polar surface area (TPSA) is 66.8 Å². The van der Waals surface area contributed by atoms with Crippen molar-refractivity contribution in [2.45, 2.75) is 45.1 Å². The zero-order chi connectivity index (χ0) is 17.9. The summed E-state index contributed by atoms with van der Waals surface area (Å²) in [5.41, 5.74) is 2.17. The molecule has 0 spiro atoms. The monoisotopic (exact) mass is 351 g/mol. The van der Waals surface area contributed by atoms with Gasteiger partial charge < -0.3 is 14.5 Å². The number of H-pyrrole nitrogens is 1. The van der Waals surface area contributed by atoms with E-state index in [0.29, 0.717) is 12.3 Å². The fraction of sp³-hybridized carbons (Fsp3) is 0.450. The molecule has 26 heavy (non-hydrogen) atoms. The lowest BCUT2D eigenvalue weighted by atomic mass is 9.95. The van der Waals surface area contributed by atoms with Gasteiger partial charge in [0.15, 0.2) is 0 Å². The van der Waals surface area contributed by atoms with E-state index in [9.17, 15) is 4.79 Å². The summed E-state index contributed by atoms with van der Waals surface area (Å²) < 4.78 is 2.16. The molecule has 6 heteroatoms. The van der Waals surface area contributed by atoms with Gasteiger partial charge in [-0.25, -0.2) is 0 Å².